The van der Waals surface area contributed by atoms with Crippen LogP contribution in [0.1, 0.15) is 19.0 Å². The average Bonchev–Trinajstić information content (AvgIpc) is 2.91. The van der Waals surface area contributed by atoms with Crippen molar-refractivity contribution in [3.05, 3.63) is 36.0 Å². The highest BCUT2D eigenvalue weighted by Gasteiger charge is 2.49. The molecule has 0 saturated carbocycles. The summed E-state index contributed by atoms with van der Waals surface area (Å²) in [5.74, 6) is 0. The maximum atomic E-state index is 12.0. The van der Waals surface area contributed by atoms with E-state index in [1.165, 1.54) is 11.1 Å². The normalized spacial score (nSPS) is 24.0. The van der Waals surface area contributed by atoms with Crippen LogP contribution in [0.2, 0.25) is 0 Å². The number of hydrogen-bond donors (Lipinski definition) is 0. The first-order chi connectivity index (χ1) is 11.1. The van der Waals surface area contributed by atoms with E-state index in [0.29, 0.717) is 13.2 Å². The molecule has 23 heavy (non-hydrogen) atoms. The highest BCUT2D eigenvalue weighted by atomic mass is 16.6. The van der Waals surface area contributed by atoms with Crippen LogP contribution >= 0.6 is 0 Å². The average molecular weight is 311 g/mol. The number of para-hydroxylation sites is 1. The first kappa shape index (κ1) is 14.3. The predicted molar refractivity (Wildman–Crippen MR) is 89.8 cm³/mol. The van der Waals surface area contributed by atoms with Gasteiger partial charge in [0.1, 0.15) is 6.61 Å². The van der Waals surface area contributed by atoms with Gasteiger partial charge in [-0.05, 0) is 25.5 Å². The zero-order valence-corrected chi connectivity index (χ0v) is 13.6. The number of nitrogens with zero attached hydrogens (tertiary/aromatic N) is 3. The van der Waals surface area contributed by atoms with E-state index in [1.807, 2.05) is 17.9 Å². The van der Waals surface area contributed by atoms with Crippen LogP contribution in [0.4, 0.5) is 10.5 Å². The van der Waals surface area contributed by atoms with Gasteiger partial charge in [0.15, 0.2) is 0 Å². The van der Waals surface area contributed by atoms with E-state index in [0.717, 1.165) is 30.7 Å². The number of aromatic nitrogens is 1. The maximum absolute atomic E-state index is 12.0. The standard InChI is InChI=1S/C18H21N3O2/c1-3-18-11-20(8-9-21(18)17(22)23-12-18)16-10-13(2)19-15-7-5-4-6-14(15)16/h4-7,10H,3,8-9,11-12H2,1-2H3. The van der Waals surface area contributed by atoms with Crippen molar-refractivity contribution >= 4 is 22.7 Å². The SMILES string of the molecule is CCC12COC(=O)N1CCN(c1cc(C)nc3ccccc13)C2. The number of amides is 1. The highest BCUT2D eigenvalue weighted by molar-refractivity contribution is 5.92. The van der Waals surface area contributed by atoms with Gasteiger partial charge in [0, 0.05) is 36.4 Å². The van der Waals surface area contributed by atoms with Gasteiger partial charge < -0.3 is 9.64 Å². The molecule has 5 heteroatoms. The molecule has 2 saturated heterocycles. The minimum atomic E-state index is -0.201. The number of piperazine rings is 1. The van der Waals surface area contributed by atoms with Gasteiger partial charge in [-0.3, -0.25) is 9.88 Å². The fraction of sp³-hybridized carbons (Fsp3) is 0.444. The molecule has 2 aromatic rings. The van der Waals surface area contributed by atoms with Crippen LogP contribution in [0.5, 0.6) is 0 Å². The van der Waals surface area contributed by atoms with Crippen molar-refractivity contribution in [2.45, 2.75) is 25.8 Å². The summed E-state index contributed by atoms with van der Waals surface area (Å²) in [6, 6.07) is 10.4. The number of ether oxygens (including phenoxy) is 1. The molecule has 2 aliphatic heterocycles. The van der Waals surface area contributed by atoms with Crippen molar-refractivity contribution < 1.29 is 9.53 Å². The summed E-state index contributed by atoms with van der Waals surface area (Å²) >= 11 is 0. The lowest BCUT2D eigenvalue weighted by atomic mass is 9.92. The van der Waals surface area contributed by atoms with Crippen LogP contribution in [0, 0.1) is 6.92 Å². The number of pyridine rings is 1. The molecule has 0 radical (unpaired) electrons. The summed E-state index contributed by atoms with van der Waals surface area (Å²) in [5.41, 5.74) is 3.05. The van der Waals surface area contributed by atoms with E-state index in [2.05, 4.69) is 41.1 Å². The van der Waals surface area contributed by atoms with E-state index in [-0.39, 0.29) is 11.6 Å². The Hall–Kier alpha value is -2.30. The van der Waals surface area contributed by atoms with Gasteiger partial charge in [-0.1, -0.05) is 25.1 Å². The number of benzene rings is 1. The molecule has 0 N–H and O–H groups in total. The quantitative estimate of drug-likeness (QED) is 0.855. The topological polar surface area (TPSA) is 45.7 Å². The number of carbonyl (C=O) groups excluding carboxylic acids is 1. The van der Waals surface area contributed by atoms with Gasteiger partial charge >= 0.3 is 6.09 Å². The van der Waals surface area contributed by atoms with Crippen molar-refractivity contribution in [3.8, 4) is 0 Å². The summed E-state index contributed by atoms with van der Waals surface area (Å²) in [7, 11) is 0. The third-order valence-electron chi connectivity index (χ3n) is 5.16. The number of hydrogen-bond acceptors (Lipinski definition) is 4. The second-order valence-corrected chi connectivity index (χ2v) is 6.51. The maximum Gasteiger partial charge on any atom is 0.410 e. The van der Waals surface area contributed by atoms with Crippen LogP contribution in [0.25, 0.3) is 10.9 Å². The largest absolute Gasteiger partial charge is 0.447 e. The fourth-order valence-electron chi connectivity index (χ4n) is 3.82. The van der Waals surface area contributed by atoms with E-state index < -0.39 is 0 Å². The lowest BCUT2D eigenvalue weighted by Crippen LogP contribution is -2.61. The molecular formula is C18H21N3O2. The van der Waals surface area contributed by atoms with Crippen LogP contribution < -0.4 is 4.90 Å². The van der Waals surface area contributed by atoms with Crippen molar-refractivity contribution in [1.29, 1.82) is 0 Å². The molecule has 1 atom stereocenters. The van der Waals surface area contributed by atoms with Crippen LogP contribution in [-0.4, -0.2) is 47.8 Å². The molecule has 0 aliphatic carbocycles. The molecule has 5 nitrogen and oxygen atoms in total. The number of cyclic esters (lactones) is 1. The van der Waals surface area contributed by atoms with Gasteiger partial charge in [0.25, 0.3) is 0 Å². The Labute approximate surface area is 135 Å². The second-order valence-electron chi connectivity index (χ2n) is 6.51. The number of aryl methyl sites for hydroxylation is 1. The van der Waals surface area contributed by atoms with Gasteiger partial charge in [-0.25, -0.2) is 4.79 Å². The smallest absolute Gasteiger partial charge is 0.410 e. The number of rotatable bonds is 2. The molecule has 2 fully saturated rings. The number of anilines is 1. The molecule has 2 aliphatic rings. The van der Waals surface area contributed by atoms with Crippen molar-refractivity contribution in [2.75, 3.05) is 31.1 Å². The first-order valence-electron chi connectivity index (χ1n) is 8.19. The van der Waals surface area contributed by atoms with Gasteiger partial charge in [0.2, 0.25) is 0 Å². The molecule has 0 spiro atoms. The first-order valence-corrected chi connectivity index (χ1v) is 8.19. The molecule has 3 heterocycles. The van der Waals surface area contributed by atoms with E-state index >= 15 is 0 Å². The van der Waals surface area contributed by atoms with E-state index in [1.54, 1.807) is 0 Å². The van der Waals surface area contributed by atoms with Gasteiger partial charge in [-0.15, -0.1) is 0 Å². The Morgan fingerprint density at radius 1 is 1.30 bits per heavy atom. The molecule has 4 rings (SSSR count). The third kappa shape index (κ3) is 2.14. The molecular weight excluding hydrogens is 290 g/mol. The summed E-state index contributed by atoms with van der Waals surface area (Å²) < 4.78 is 5.34. The van der Waals surface area contributed by atoms with E-state index in [9.17, 15) is 4.79 Å². The van der Waals surface area contributed by atoms with Crippen LogP contribution in [-0.2, 0) is 4.74 Å². The molecule has 0 bridgehead atoms. The van der Waals surface area contributed by atoms with Crippen molar-refractivity contribution in [2.24, 2.45) is 0 Å². The Bertz CT molecular complexity index is 776. The minimum Gasteiger partial charge on any atom is -0.447 e. The summed E-state index contributed by atoms with van der Waals surface area (Å²) in [6.07, 6.45) is 0.735. The Balaban J connectivity index is 1.76. The summed E-state index contributed by atoms with van der Waals surface area (Å²) in [4.78, 5) is 20.9. The lowest BCUT2D eigenvalue weighted by Gasteiger charge is -2.45. The Kier molecular flexibility index (Phi) is 3.18. The van der Waals surface area contributed by atoms with Crippen molar-refractivity contribution in [1.82, 2.24) is 9.88 Å². The minimum absolute atomic E-state index is 0.165. The predicted octanol–water partition coefficient (Wildman–Crippen LogP) is 2.96. The van der Waals surface area contributed by atoms with Crippen molar-refractivity contribution in [3.63, 3.8) is 0 Å². The number of fused-ring (bicyclic) bond motifs is 2. The Morgan fingerprint density at radius 3 is 2.96 bits per heavy atom. The molecule has 1 aromatic heterocycles. The highest BCUT2D eigenvalue weighted by Crippen LogP contribution is 2.36. The van der Waals surface area contributed by atoms with Crippen LogP contribution in [0.3, 0.4) is 0 Å². The summed E-state index contributed by atoms with van der Waals surface area (Å²) in [6.45, 7) is 6.99. The monoisotopic (exact) mass is 311 g/mol. The Morgan fingerprint density at radius 2 is 2.13 bits per heavy atom. The third-order valence-corrected chi connectivity index (χ3v) is 5.16. The second kappa shape index (κ2) is 5.11. The molecule has 1 unspecified atom stereocenters. The summed E-state index contributed by atoms with van der Waals surface area (Å²) in [5, 5.41) is 1.17. The fourth-order valence-corrected chi connectivity index (χ4v) is 3.82. The molecule has 1 aromatic carbocycles. The molecule has 120 valence electrons. The van der Waals surface area contributed by atoms with E-state index in [4.69, 9.17) is 4.74 Å². The van der Waals surface area contributed by atoms with Gasteiger partial charge in [-0.2, -0.15) is 0 Å². The van der Waals surface area contributed by atoms with Gasteiger partial charge in [0.05, 0.1) is 11.1 Å². The zero-order chi connectivity index (χ0) is 16.0. The molecule has 1 amide bonds. The zero-order valence-electron chi connectivity index (χ0n) is 13.6. The van der Waals surface area contributed by atoms with Crippen LogP contribution in [0.15, 0.2) is 30.3 Å². The number of carbonyl (C=O) groups is 1. The lowest BCUT2D eigenvalue weighted by molar-refractivity contribution is 0.138.